The second kappa shape index (κ2) is 10.3. The van der Waals surface area contributed by atoms with Crippen LogP contribution < -0.4 is 0 Å². The van der Waals surface area contributed by atoms with Crippen molar-refractivity contribution in [3.05, 3.63) is 0 Å². The Balaban J connectivity index is 1.39. The maximum Gasteiger partial charge on any atom is 0.0578 e. The Morgan fingerprint density at radius 3 is 2.34 bits per heavy atom. The van der Waals surface area contributed by atoms with Crippen molar-refractivity contribution >= 4 is 0 Å². The van der Waals surface area contributed by atoms with Gasteiger partial charge in [-0.1, -0.05) is 53.9 Å². The fraction of sp³-hybridized carbons (Fsp3) is 1.00. The topological polar surface area (TPSA) is 29.5 Å². The molecule has 0 aliphatic heterocycles. The van der Waals surface area contributed by atoms with Gasteiger partial charge < -0.3 is 9.84 Å². The number of aliphatic hydroxyl groups excluding tert-OH is 1. The molecule has 9 unspecified atom stereocenters. The molecule has 9 atom stereocenters. The van der Waals surface area contributed by atoms with Crippen LogP contribution in [0.3, 0.4) is 0 Å². The summed E-state index contributed by atoms with van der Waals surface area (Å²) in [6.07, 6.45) is 18.4. The van der Waals surface area contributed by atoms with Gasteiger partial charge in [-0.25, -0.2) is 0 Å². The van der Waals surface area contributed by atoms with E-state index in [1.807, 2.05) is 0 Å². The fourth-order valence-corrected chi connectivity index (χ4v) is 9.71. The highest BCUT2D eigenvalue weighted by atomic mass is 16.5. The van der Waals surface area contributed by atoms with Crippen molar-refractivity contribution in [3.8, 4) is 0 Å². The molecule has 0 heterocycles. The number of aliphatic hydroxyl groups is 1. The molecule has 32 heavy (non-hydrogen) atoms. The van der Waals surface area contributed by atoms with Gasteiger partial charge in [-0.3, -0.25) is 0 Å². The lowest BCUT2D eigenvalue weighted by atomic mass is 9.44. The molecule has 0 aromatic carbocycles. The van der Waals surface area contributed by atoms with Crippen LogP contribution in [0.15, 0.2) is 0 Å². The van der Waals surface area contributed by atoms with Crippen LogP contribution in [-0.2, 0) is 4.74 Å². The number of fused-ring (bicyclic) bond motifs is 5. The second-order valence-corrected chi connectivity index (χ2v) is 13.5. The van der Waals surface area contributed by atoms with Crippen LogP contribution in [0.25, 0.3) is 0 Å². The predicted molar refractivity (Wildman–Crippen MR) is 135 cm³/mol. The Hall–Kier alpha value is -0.0800. The van der Waals surface area contributed by atoms with Crippen molar-refractivity contribution < 1.29 is 9.84 Å². The zero-order valence-corrected chi connectivity index (χ0v) is 22.1. The highest BCUT2D eigenvalue weighted by Gasteiger charge is 2.60. The summed E-state index contributed by atoms with van der Waals surface area (Å²) >= 11 is 0. The largest absolute Gasteiger partial charge is 0.396 e. The van der Waals surface area contributed by atoms with Gasteiger partial charge in [0.25, 0.3) is 0 Å². The standard InChI is InChI=1S/C30H54O2/c1-21(2)8-6-9-22(3)26-12-13-27-25-11-10-23-20-24(32-19-7-18-31)14-16-29(23,4)28(25)15-17-30(26,27)5/h21-28,31H,6-20H2,1-5H3. The maximum absolute atomic E-state index is 9.09. The zero-order valence-electron chi connectivity index (χ0n) is 22.1. The summed E-state index contributed by atoms with van der Waals surface area (Å²) in [4.78, 5) is 0. The Morgan fingerprint density at radius 1 is 0.844 bits per heavy atom. The monoisotopic (exact) mass is 446 g/mol. The van der Waals surface area contributed by atoms with Gasteiger partial charge in [0.2, 0.25) is 0 Å². The van der Waals surface area contributed by atoms with Crippen LogP contribution in [0.5, 0.6) is 0 Å². The van der Waals surface area contributed by atoms with E-state index in [4.69, 9.17) is 9.84 Å². The summed E-state index contributed by atoms with van der Waals surface area (Å²) < 4.78 is 6.17. The summed E-state index contributed by atoms with van der Waals surface area (Å²) in [6, 6.07) is 0. The summed E-state index contributed by atoms with van der Waals surface area (Å²) in [6.45, 7) is 13.8. The molecule has 0 aromatic heterocycles. The number of rotatable bonds is 9. The second-order valence-electron chi connectivity index (χ2n) is 13.5. The first kappa shape index (κ1) is 25.0. The van der Waals surface area contributed by atoms with E-state index < -0.39 is 0 Å². The molecule has 2 nitrogen and oxygen atoms in total. The molecule has 4 rings (SSSR count). The lowest BCUT2D eigenvalue weighted by Gasteiger charge is -2.61. The maximum atomic E-state index is 9.09. The van der Waals surface area contributed by atoms with E-state index in [2.05, 4.69) is 34.6 Å². The normalized spacial score (nSPS) is 44.7. The minimum atomic E-state index is 0.259. The lowest BCUT2D eigenvalue weighted by molar-refractivity contribution is -0.137. The first-order valence-electron chi connectivity index (χ1n) is 14.5. The number of hydrogen-bond acceptors (Lipinski definition) is 2. The molecule has 186 valence electrons. The van der Waals surface area contributed by atoms with E-state index in [1.54, 1.807) is 0 Å². The SMILES string of the molecule is CC(C)CCCC(C)C1CCC2C3CCC4CC(OCCCO)CCC4(C)C3CCC12C. The minimum Gasteiger partial charge on any atom is -0.396 e. The van der Waals surface area contributed by atoms with Crippen LogP contribution >= 0.6 is 0 Å². The van der Waals surface area contributed by atoms with Crippen LogP contribution in [0.2, 0.25) is 0 Å². The van der Waals surface area contributed by atoms with Gasteiger partial charge in [-0.2, -0.15) is 0 Å². The molecule has 1 N–H and O–H groups in total. The molecule has 0 aromatic rings. The van der Waals surface area contributed by atoms with E-state index in [1.165, 1.54) is 77.0 Å². The van der Waals surface area contributed by atoms with E-state index in [-0.39, 0.29) is 6.61 Å². The molecular weight excluding hydrogens is 392 g/mol. The predicted octanol–water partition coefficient (Wildman–Crippen LogP) is 7.88. The third kappa shape index (κ3) is 4.71. The first-order valence-corrected chi connectivity index (χ1v) is 14.5. The van der Waals surface area contributed by atoms with Crippen LogP contribution in [-0.4, -0.2) is 24.4 Å². The molecule has 0 amide bonds. The highest BCUT2D eigenvalue weighted by Crippen LogP contribution is 2.68. The van der Waals surface area contributed by atoms with E-state index in [0.717, 1.165) is 54.5 Å². The minimum absolute atomic E-state index is 0.259. The van der Waals surface area contributed by atoms with Crippen molar-refractivity contribution in [2.24, 2.45) is 52.3 Å². The van der Waals surface area contributed by atoms with Gasteiger partial charge in [0.05, 0.1) is 6.10 Å². The summed E-state index contributed by atoms with van der Waals surface area (Å²) in [7, 11) is 0. The van der Waals surface area contributed by atoms with E-state index in [0.29, 0.717) is 16.9 Å². The molecule has 4 aliphatic rings. The van der Waals surface area contributed by atoms with Gasteiger partial charge in [0, 0.05) is 13.2 Å². The molecular formula is C30H54O2. The summed E-state index contributed by atoms with van der Waals surface area (Å²) in [5.74, 6) is 6.57. The lowest BCUT2D eigenvalue weighted by Crippen LogP contribution is -2.54. The Labute approximate surface area is 199 Å². The van der Waals surface area contributed by atoms with Gasteiger partial charge in [0.15, 0.2) is 0 Å². The highest BCUT2D eigenvalue weighted by molar-refractivity contribution is 5.09. The molecule has 4 fully saturated rings. The fourth-order valence-electron chi connectivity index (χ4n) is 9.71. The molecule has 0 spiro atoms. The van der Waals surface area contributed by atoms with Crippen LogP contribution in [0.4, 0.5) is 0 Å². The smallest absolute Gasteiger partial charge is 0.0578 e. The Kier molecular flexibility index (Phi) is 8.03. The molecule has 4 saturated carbocycles. The van der Waals surface area contributed by atoms with Gasteiger partial charge in [0.1, 0.15) is 0 Å². The van der Waals surface area contributed by atoms with Crippen molar-refractivity contribution in [3.63, 3.8) is 0 Å². The van der Waals surface area contributed by atoms with Crippen molar-refractivity contribution in [1.82, 2.24) is 0 Å². The number of hydrogen-bond donors (Lipinski definition) is 1. The Morgan fingerprint density at radius 2 is 1.59 bits per heavy atom. The van der Waals surface area contributed by atoms with Crippen molar-refractivity contribution in [2.45, 2.75) is 124 Å². The third-order valence-electron chi connectivity index (χ3n) is 11.5. The average Bonchev–Trinajstić information content (AvgIpc) is 3.11. The van der Waals surface area contributed by atoms with E-state index in [9.17, 15) is 0 Å². The van der Waals surface area contributed by atoms with E-state index >= 15 is 0 Å². The summed E-state index contributed by atoms with van der Waals surface area (Å²) in [5.41, 5.74) is 1.17. The molecule has 2 heteroatoms. The third-order valence-corrected chi connectivity index (χ3v) is 11.5. The van der Waals surface area contributed by atoms with Gasteiger partial charge in [-0.05, 0) is 116 Å². The van der Waals surface area contributed by atoms with Gasteiger partial charge in [-0.15, -0.1) is 0 Å². The summed E-state index contributed by atoms with van der Waals surface area (Å²) in [5, 5.41) is 9.09. The average molecular weight is 447 g/mol. The molecule has 4 aliphatic carbocycles. The van der Waals surface area contributed by atoms with Crippen molar-refractivity contribution in [1.29, 1.82) is 0 Å². The Bertz CT molecular complexity index is 602. The quantitative estimate of drug-likeness (QED) is 0.365. The van der Waals surface area contributed by atoms with Crippen LogP contribution in [0, 0.1) is 52.3 Å². The molecule has 0 bridgehead atoms. The van der Waals surface area contributed by atoms with Crippen molar-refractivity contribution in [2.75, 3.05) is 13.2 Å². The molecule has 0 saturated heterocycles. The molecule has 0 radical (unpaired) electrons. The zero-order chi connectivity index (χ0) is 22.9. The van der Waals surface area contributed by atoms with Crippen LogP contribution in [0.1, 0.15) is 118 Å². The number of ether oxygens (including phenoxy) is 1. The van der Waals surface area contributed by atoms with Gasteiger partial charge >= 0.3 is 0 Å². The first-order chi connectivity index (χ1) is 15.3.